The van der Waals surface area contributed by atoms with E-state index in [9.17, 15) is 4.79 Å². The van der Waals surface area contributed by atoms with E-state index in [0.717, 1.165) is 11.3 Å². The summed E-state index contributed by atoms with van der Waals surface area (Å²) in [7, 11) is 1.59. The van der Waals surface area contributed by atoms with Crippen LogP contribution in [0.25, 0.3) is 11.3 Å². The number of benzene rings is 1. The molecule has 1 N–H and O–H groups in total. The number of amides is 1. The van der Waals surface area contributed by atoms with Crippen molar-refractivity contribution in [3.05, 3.63) is 58.5 Å². The summed E-state index contributed by atoms with van der Waals surface area (Å²) in [6.07, 6.45) is 0. The summed E-state index contributed by atoms with van der Waals surface area (Å²) >= 11 is 1.60. The lowest BCUT2D eigenvalue weighted by atomic mass is 10.2. The van der Waals surface area contributed by atoms with Crippen LogP contribution in [-0.2, 0) is 6.54 Å². The van der Waals surface area contributed by atoms with Gasteiger partial charge in [-0.25, -0.2) is 0 Å². The van der Waals surface area contributed by atoms with Crippen molar-refractivity contribution in [2.75, 3.05) is 7.11 Å². The van der Waals surface area contributed by atoms with E-state index in [1.807, 2.05) is 22.9 Å². The summed E-state index contributed by atoms with van der Waals surface area (Å²) in [6.45, 7) is 0.294. The Hall–Kier alpha value is -2.60. The molecule has 5 nitrogen and oxygen atoms in total. The summed E-state index contributed by atoms with van der Waals surface area (Å²) in [4.78, 5) is 12.0. The highest BCUT2D eigenvalue weighted by Gasteiger charge is 2.09. The van der Waals surface area contributed by atoms with Crippen LogP contribution in [0.15, 0.2) is 51.7 Å². The minimum Gasteiger partial charge on any atom is -0.497 e. The number of nitrogens with one attached hydrogen (secondary N) is 1. The topological polar surface area (TPSA) is 64.4 Å². The predicted molar refractivity (Wildman–Crippen MR) is 84.0 cm³/mol. The molecule has 3 rings (SSSR count). The molecule has 0 atom stereocenters. The van der Waals surface area contributed by atoms with Gasteiger partial charge in [0.2, 0.25) is 0 Å². The number of carbonyl (C=O) groups is 1. The van der Waals surface area contributed by atoms with Crippen LogP contribution in [0.2, 0.25) is 0 Å². The molecule has 3 aromatic rings. The Labute approximate surface area is 131 Å². The van der Waals surface area contributed by atoms with Crippen molar-refractivity contribution < 1.29 is 14.1 Å². The van der Waals surface area contributed by atoms with E-state index in [-0.39, 0.29) is 5.91 Å². The second kappa shape index (κ2) is 6.44. The van der Waals surface area contributed by atoms with Gasteiger partial charge in [0.25, 0.3) is 5.91 Å². The van der Waals surface area contributed by atoms with Crippen molar-refractivity contribution in [3.63, 3.8) is 0 Å². The smallest absolute Gasteiger partial charge is 0.251 e. The fourth-order valence-electron chi connectivity index (χ4n) is 1.95. The Bertz CT molecular complexity index is 748. The molecule has 0 aliphatic rings. The summed E-state index contributed by atoms with van der Waals surface area (Å²) in [5.41, 5.74) is 2.36. The number of thiophene rings is 1. The van der Waals surface area contributed by atoms with Crippen LogP contribution in [0.1, 0.15) is 16.1 Å². The fraction of sp³-hybridized carbons (Fsp3) is 0.125. The van der Waals surface area contributed by atoms with Gasteiger partial charge in [-0.15, -0.1) is 0 Å². The van der Waals surface area contributed by atoms with E-state index in [1.165, 1.54) is 0 Å². The van der Waals surface area contributed by atoms with Crippen LogP contribution >= 0.6 is 11.3 Å². The zero-order valence-electron chi connectivity index (χ0n) is 11.9. The minimum atomic E-state index is -0.170. The third-order valence-corrected chi connectivity index (χ3v) is 3.83. The van der Waals surface area contributed by atoms with Crippen LogP contribution < -0.4 is 10.1 Å². The lowest BCUT2D eigenvalue weighted by Crippen LogP contribution is -2.22. The molecule has 1 aromatic carbocycles. The number of hydrogen-bond acceptors (Lipinski definition) is 5. The first-order valence-electron chi connectivity index (χ1n) is 6.66. The summed E-state index contributed by atoms with van der Waals surface area (Å²) in [6, 6.07) is 10.7. The van der Waals surface area contributed by atoms with Crippen molar-refractivity contribution in [2.45, 2.75) is 6.54 Å². The number of aromatic nitrogens is 1. The summed E-state index contributed by atoms with van der Waals surface area (Å²) in [5.74, 6) is 1.16. The van der Waals surface area contributed by atoms with Crippen molar-refractivity contribution in [1.29, 1.82) is 0 Å². The third kappa shape index (κ3) is 3.17. The van der Waals surface area contributed by atoms with Gasteiger partial charge in [0.05, 0.1) is 13.7 Å². The maximum absolute atomic E-state index is 12.0. The van der Waals surface area contributed by atoms with Crippen LogP contribution in [0.4, 0.5) is 0 Å². The highest BCUT2D eigenvalue weighted by Crippen LogP contribution is 2.21. The summed E-state index contributed by atoms with van der Waals surface area (Å²) in [5, 5.41) is 10.8. The second-order valence-corrected chi connectivity index (χ2v) is 5.38. The van der Waals surface area contributed by atoms with Gasteiger partial charge in [0.1, 0.15) is 11.4 Å². The van der Waals surface area contributed by atoms with Gasteiger partial charge in [-0.2, -0.15) is 11.3 Å². The van der Waals surface area contributed by atoms with Gasteiger partial charge in [-0.3, -0.25) is 4.79 Å². The van der Waals surface area contributed by atoms with E-state index < -0.39 is 0 Å². The quantitative estimate of drug-likeness (QED) is 0.784. The predicted octanol–water partition coefficient (Wildman–Crippen LogP) is 3.34. The maximum Gasteiger partial charge on any atom is 0.251 e. The molecule has 0 aliphatic carbocycles. The molecule has 22 heavy (non-hydrogen) atoms. The van der Waals surface area contributed by atoms with E-state index in [1.54, 1.807) is 42.7 Å². The lowest BCUT2D eigenvalue weighted by molar-refractivity contribution is 0.0947. The first-order chi connectivity index (χ1) is 10.8. The van der Waals surface area contributed by atoms with E-state index in [4.69, 9.17) is 9.26 Å². The number of methoxy groups -OCH3 is 1. The zero-order valence-corrected chi connectivity index (χ0v) is 12.7. The monoisotopic (exact) mass is 314 g/mol. The molecule has 1 amide bonds. The van der Waals surface area contributed by atoms with E-state index in [2.05, 4.69) is 10.5 Å². The Morgan fingerprint density at radius 3 is 2.82 bits per heavy atom. The van der Waals surface area contributed by atoms with Crippen molar-refractivity contribution in [3.8, 4) is 17.0 Å². The Kier molecular flexibility index (Phi) is 4.20. The number of hydrogen-bond donors (Lipinski definition) is 1. The molecule has 0 bridgehead atoms. The zero-order chi connectivity index (χ0) is 15.4. The van der Waals surface area contributed by atoms with Gasteiger partial charge >= 0.3 is 0 Å². The van der Waals surface area contributed by atoms with Crippen LogP contribution in [0.3, 0.4) is 0 Å². The third-order valence-electron chi connectivity index (χ3n) is 3.15. The molecule has 6 heteroatoms. The maximum atomic E-state index is 12.0. The van der Waals surface area contributed by atoms with Gasteiger partial charge < -0.3 is 14.6 Å². The largest absolute Gasteiger partial charge is 0.497 e. The number of rotatable bonds is 5. The molecule has 2 heterocycles. The normalized spacial score (nSPS) is 10.4. The van der Waals surface area contributed by atoms with Crippen molar-refractivity contribution in [2.24, 2.45) is 0 Å². The number of carbonyl (C=O) groups excluding carboxylic acids is 1. The van der Waals surface area contributed by atoms with Crippen LogP contribution in [0.5, 0.6) is 5.75 Å². The first kappa shape index (κ1) is 14.3. The van der Waals surface area contributed by atoms with Crippen LogP contribution in [0, 0.1) is 0 Å². The van der Waals surface area contributed by atoms with Crippen molar-refractivity contribution in [1.82, 2.24) is 10.5 Å². The molecule has 0 fully saturated rings. The molecule has 0 saturated heterocycles. The summed E-state index contributed by atoms with van der Waals surface area (Å²) < 4.78 is 10.3. The molecule has 0 saturated carbocycles. The van der Waals surface area contributed by atoms with Gasteiger partial charge in [-0.1, -0.05) is 5.16 Å². The molecular formula is C16H14N2O3S. The second-order valence-electron chi connectivity index (χ2n) is 4.60. The highest BCUT2D eigenvalue weighted by molar-refractivity contribution is 7.08. The first-order valence-corrected chi connectivity index (χ1v) is 7.61. The van der Waals surface area contributed by atoms with Gasteiger partial charge in [0, 0.05) is 22.6 Å². The number of nitrogens with zero attached hydrogens (tertiary/aromatic N) is 1. The van der Waals surface area contributed by atoms with Crippen molar-refractivity contribution >= 4 is 17.2 Å². The molecule has 0 aliphatic heterocycles. The molecule has 112 valence electrons. The average molecular weight is 314 g/mol. The van der Waals surface area contributed by atoms with Gasteiger partial charge in [-0.05, 0) is 35.7 Å². The fourth-order valence-corrected chi connectivity index (χ4v) is 2.60. The molecule has 0 radical (unpaired) electrons. The minimum absolute atomic E-state index is 0.170. The van der Waals surface area contributed by atoms with E-state index in [0.29, 0.717) is 23.6 Å². The molecule has 2 aromatic heterocycles. The number of ether oxygens (including phenoxy) is 1. The van der Waals surface area contributed by atoms with E-state index >= 15 is 0 Å². The Balaban J connectivity index is 1.61. The lowest BCUT2D eigenvalue weighted by Gasteiger charge is -2.04. The molecular weight excluding hydrogens is 300 g/mol. The highest BCUT2D eigenvalue weighted by atomic mass is 32.1. The SMILES string of the molecule is COc1ccc(C(=O)NCc2cc(-c3ccsc3)no2)cc1. The Morgan fingerprint density at radius 2 is 2.14 bits per heavy atom. The van der Waals surface area contributed by atoms with Crippen LogP contribution in [-0.4, -0.2) is 18.2 Å². The van der Waals surface area contributed by atoms with Gasteiger partial charge in [0.15, 0.2) is 5.76 Å². The average Bonchev–Trinajstić information content (AvgIpc) is 3.23. The molecule has 0 spiro atoms. The Morgan fingerprint density at radius 1 is 1.32 bits per heavy atom. The standard InChI is InChI=1S/C16H14N2O3S/c1-20-13-4-2-11(3-5-13)16(19)17-9-14-8-15(18-21-14)12-6-7-22-10-12/h2-8,10H,9H2,1H3,(H,17,19). The molecule has 0 unspecified atom stereocenters.